The van der Waals surface area contributed by atoms with Crippen molar-refractivity contribution in [2.75, 3.05) is 0 Å². The van der Waals surface area contributed by atoms with Crippen LogP contribution in [0, 0.1) is 27.7 Å². The maximum absolute atomic E-state index is 7.62. The van der Waals surface area contributed by atoms with E-state index in [1.54, 1.807) is 0 Å². The van der Waals surface area contributed by atoms with Crippen LogP contribution in [0.1, 0.15) is 150 Å². The van der Waals surface area contributed by atoms with Crippen LogP contribution in [0.2, 0.25) is 0 Å². The molecule has 0 aliphatic carbocycles. The van der Waals surface area contributed by atoms with E-state index in [2.05, 4.69) is 196 Å². The summed E-state index contributed by atoms with van der Waals surface area (Å²) in [7, 11) is -0.0932. The van der Waals surface area contributed by atoms with Crippen molar-refractivity contribution in [3.8, 4) is 45.6 Å². The molecule has 0 amide bonds. The van der Waals surface area contributed by atoms with Crippen LogP contribution in [0.5, 0.6) is 34.5 Å². The fraction of sp³-hybridized carbons (Fsp3) is 0.379. The van der Waals surface area contributed by atoms with Gasteiger partial charge in [-0.3, -0.25) is 0 Å². The predicted octanol–water partition coefficient (Wildman–Crippen LogP) is 15.8. The zero-order valence-corrected chi connectivity index (χ0v) is 43.1. The third-order valence-electron chi connectivity index (χ3n) is 12.5. The zero-order chi connectivity index (χ0) is 46.3. The maximum atomic E-state index is 7.62. The second-order valence-electron chi connectivity index (χ2n) is 22.6. The molecule has 0 fully saturated rings. The normalized spacial score (nSPS) is 14.9. The van der Waals surface area contributed by atoms with Crippen molar-refractivity contribution in [2.24, 2.45) is 0 Å². The van der Waals surface area contributed by atoms with Gasteiger partial charge in [0, 0.05) is 35.1 Å². The van der Waals surface area contributed by atoms with Gasteiger partial charge in [0.05, 0.1) is 10.6 Å². The quantitative estimate of drug-likeness (QED) is 0.142. The molecule has 2 unspecified atom stereocenters. The number of hydrogen-bond acceptors (Lipinski definition) is 4. The van der Waals surface area contributed by atoms with Gasteiger partial charge in [-0.15, -0.1) is 0 Å². The molecule has 4 nitrogen and oxygen atoms in total. The molecule has 4 aliphatic heterocycles. The standard InChI is InChI=1S/C58H68O4P2/c1-33-23-38-31-40-25-35(3)29-46(57(11,12)13)51(40)61-63-48-22-21-43(37-17-19-42(20-18-37)59-49(38)44(27-33)55(5,6)7)54-53(48)60-50-39(24-34(2)28-45(50)56(8,9)10)32-41-26-36(4)30-47(58(14,15)16)52(41)62-64-54/h17-30,63-64H,31-32H2,1-16H3. The number of aryl methyl sites for hydroxylation is 4. The van der Waals surface area contributed by atoms with Crippen molar-refractivity contribution in [1.82, 2.24) is 0 Å². The molecule has 4 bridgehead atoms. The second-order valence-corrected chi connectivity index (χ2v) is 24.4. The highest BCUT2D eigenvalue weighted by atomic mass is 31.1. The number of ether oxygens (including phenoxy) is 2. The average molecular weight is 891 g/mol. The molecule has 334 valence electrons. The van der Waals surface area contributed by atoms with Gasteiger partial charge in [-0.2, -0.15) is 0 Å². The molecule has 0 saturated heterocycles. The first kappa shape index (κ1) is 45.9. The Morgan fingerprint density at radius 2 is 0.766 bits per heavy atom. The summed E-state index contributed by atoms with van der Waals surface area (Å²) in [6, 6.07) is 31.6. The molecular formula is C58H68O4P2. The van der Waals surface area contributed by atoms with E-state index in [9.17, 15) is 0 Å². The first-order chi connectivity index (χ1) is 29.8. The SMILES string of the molecule is Cc1cc2c(c(C(C)(C)C)c1)OPc1ccc(c3c1Oc1c(cc(C)cc1C(C)(C)C)Cc1cc(C)cc(C(C)(C)C)c1OP3)-c1ccc(cc1)Oc1c(cc(C)cc1C(C)(C)C)C2. The average Bonchev–Trinajstić information content (AvgIpc) is 3.17. The van der Waals surface area contributed by atoms with Crippen molar-refractivity contribution >= 4 is 28.2 Å². The van der Waals surface area contributed by atoms with E-state index in [0.29, 0.717) is 12.8 Å². The lowest BCUT2D eigenvalue weighted by molar-refractivity contribution is 0.450. The van der Waals surface area contributed by atoms with Crippen LogP contribution in [0.25, 0.3) is 11.1 Å². The highest BCUT2D eigenvalue weighted by Gasteiger charge is 2.32. The molecule has 0 spiro atoms. The van der Waals surface area contributed by atoms with Crippen LogP contribution in [-0.4, -0.2) is 0 Å². The number of rotatable bonds is 0. The lowest BCUT2D eigenvalue weighted by Crippen LogP contribution is -2.21. The Labute approximate surface area is 387 Å². The van der Waals surface area contributed by atoms with Gasteiger partial charge in [-0.05, 0) is 101 Å². The van der Waals surface area contributed by atoms with Crippen molar-refractivity contribution in [3.05, 3.63) is 152 Å². The van der Waals surface area contributed by atoms with Gasteiger partial charge in [-0.25, -0.2) is 0 Å². The summed E-state index contributed by atoms with van der Waals surface area (Å²) in [6.45, 7) is 36.2. The molecular weight excluding hydrogens is 823 g/mol. The van der Waals surface area contributed by atoms with Crippen molar-refractivity contribution in [3.63, 3.8) is 0 Å². The van der Waals surface area contributed by atoms with E-state index in [4.69, 9.17) is 18.5 Å². The molecule has 6 heteroatoms. The summed E-state index contributed by atoms with van der Waals surface area (Å²) in [5.41, 5.74) is 15.8. The molecule has 4 aliphatic rings. The molecule has 4 heterocycles. The van der Waals surface area contributed by atoms with E-state index in [0.717, 1.165) is 72.9 Å². The molecule has 0 aromatic heterocycles. The molecule has 6 aromatic carbocycles. The minimum atomic E-state index is -0.189. The first-order valence-electron chi connectivity index (χ1n) is 22.9. The van der Waals surface area contributed by atoms with Gasteiger partial charge in [0.25, 0.3) is 0 Å². The molecule has 0 N–H and O–H groups in total. The molecule has 0 radical (unpaired) electrons. The third kappa shape index (κ3) is 9.26. The van der Waals surface area contributed by atoms with Crippen molar-refractivity contribution in [2.45, 2.75) is 145 Å². The molecule has 10 rings (SSSR count). The van der Waals surface area contributed by atoms with Crippen LogP contribution < -0.4 is 29.1 Å². The highest BCUT2D eigenvalue weighted by Crippen LogP contribution is 2.48. The van der Waals surface area contributed by atoms with E-state index in [-0.39, 0.29) is 39.3 Å². The summed E-state index contributed by atoms with van der Waals surface area (Å²) in [5, 5.41) is 2.02. The molecule has 2 atom stereocenters. The number of fused-ring (bicyclic) bond motifs is 3. The Bertz CT molecular complexity index is 2790. The summed E-state index contributed by atoms with van der Waals surface area (Å²) >= 11 is 0. The largest absolute Gasteiger partial charge is 0.472 e. The van der Waals surface area contributed by atoms with Gasteiger partial charge in [0.1, 0.15) is 52.1 Å². The smallest absolute Gasteiger partial charge is 0.149 e. The van der Waals surface area contributed by atoms with Crippen molar-refractivity contribution in [1.29, 1.82) is 0 Å². The Morgan fingerprint density at radius 3 is 1.19 bits per heavy atom. The van der Waals surface area contributed by atoms with E-state index in [1.165, 1.54) is 50.1 Å². The van der Waals surface area contributed by atoms with Gasteiger partial charge in [-0.1, -0.05) is 172 Å². The topological polar surface area (TPSA) is 36.9 Å². The minimum Gasteiger partial charge on any atom is -0.472 e. The summed E-state index contributed by atoms with van der Waals surface area (Å²) in [6.07, 6.45) is 1.34. The lowest BCUT2D eigenvalue weighted by atomic mass is 9.81. The maximum Gasteiger partial charge on any atom is 0.149 e. The van der Waals surface area contributed by atoms with E-state index >= 15 is 0 Å². The first-order valence-corrected chi connectivity index (χ1v) is 24.7. The Kier molecular flexibility index (Phi) is 12.0. The van der Waals surface area contributed by atoms with Gasteiger partial charge in [0.15, 0.2) is 0 Å². The van der Waals surface area contributed by atoms with Crippen LogP contribution in [0.15, 0.2) is 84.9 Å². The number of hydrogen-bond donors (Lipinski definition) is 0. The van der Waals surface area contributed by atoms with E-state index < -0.39 is 0 Å². The van der Waals surface area contributed by atoms with Gasteiger partial charge < -0.3 is 18.5 Å². The third-order valence-corrected chi connectivity index (χ3v) is 14.4. The van der Waals surface area contributed by atoms with E-state index in [1.807, 2.05) is 0 Å². The van der Waals surface area contributed by atoms with Crippen LogP contribution in [0.3, 0.4) is 0 Å². The fourth-order valence-corrected chi connectivity index (χ4v) is 11.3. The molecule has 0 saturated carbocycles. The van der Waals surface area contributed by atoms with Crippen LogP contribution in [0.4, 0.5) is 0 Å². The molecule has 64 heavy (non-hydrogen) atoms. The summed E-state index contributed by atoms with van der Waals surface area (Å²) in [4.78, 5) is 0. The summed E-state index contributed by atoms with van der Waals surface area (Å²) < 4.78 is 29.3. The molecule has 6 aromatic rings. The fourth-order valence-electron chi connectivity index (χ4n) is 9.28. The van der Waals surface area contributed by atoms with Gasteiger partial charge >= 0.3 is 0 Å². The zero-order valence-electron chi connectivity index (χ0n) is 41.1. The van der Waals surface area contributed by atoms with Crippen molar-refractivity contribution < 1.29 is 18.5 Å². The minimum absolute atomic E-state index is 0.0446. The second kappa shape index (κ2) is 16.7. The Hall–Kier alpha value is -4.62. The monoisotopic (exact) mass is 890 g/mol. The number of benzene rings is 6. The van der Waals surface area contributed by atoms with Crippen LogP contribution >= 0.6 is 17.6 Å². The Morgan fingerprint density at radius 1 is 0.391 bits per heavy atom. The summed E-state index contributed by atoms with van der Waals surface area (Å²) in [5.74, 6) is 5.35. The van der Waals surface area contributed by atoms with Crippen LogP contribution in [-0.2, 0) is 34.5 Å². The lowest BCUT2D eigenvalue weighted by Gasteiger charge is -2.31. The van der Waals surface area contributed by atoms with Gasteiger partial charge in [0.2, 0.25) is 0 Å². The predicted molar refractivity (Wildman–Crippen MR) is 274 cm³/mol. The highest BCUT2D eigenvalue weighted by molar-refractivity contribution is 7.45. The Balaban J connectivity index is 1.44.